The number of hydrogen-bond donors (Lipinski definition) is 0. The molecule has 17 valence electrons. The number of rotatable bonds is 0. The average Bonchev–Trinajstić information content (AvgIpc) is 1.46. The molecule has 1 radical (unpaired) electrons. The monoisotopic (exact) mass is 47.0 g/mol. The molecule has 1 heteroatoms. The Morgan fingerprint density at radius 3 is 1.50 bits per heavy atom. The summed E-state index contributed by atoms with van der Waals surface area (Å²) >= 11 is 0. The van der Waals surface area contributed by atoms with E-state index >= 15 is 0 Å². The van der Waals surface area contributed by atoms with Crippen molar-refractivity contribution in [3.8, 4) is 0 Å². The van der Waals surface area contributed by atoms with Gasteiger partial charge in [-0.25, -0.2) is 0 Å². The Morgan fingerprint density at radius 1 is 1.25 bits per heavy atom. The molecule has 0 aromatic carbocycles. The van der Waals surface area contributed by atoms with Crippen LogP contribution in [0.5, 0.6) is 0 Å². The Balaban J connectivity index is 0.0000000900. The SMILES string of the molecule is C1=CC1.[Li]. The molecule has 0 fully saturated rings. The topological polar surface area (TPSA) is 0 Å². The van der Waals surface area contributed by atoms with Crippen LogP contribution < -0.4 is 0 Å². The summed E-state index contributed by atoms with van der Waals surface area (Å²) in [6.45, 7) is 0. The van der Waals surface area contributed by atoms with Crippen LogP contribution in [0.1, 0.15) is 6.42 Å². The Hall–Kier alpha value is 0.337. The third-order valence-corrected chi connectivity index (χ3v) is 0.236. The van der Waals surface area contributed by atoms with Crippen molar-refractivity contribution in [2.75, 3.05) is 0 Å². The molecule has 0 amide bonds. The van der Waals surface area contributed by atoms with E-state index in [1.165, 1.54) is 6.42 Å². The van der Waals surface area contributed by atoms with Gasteiger partial charge in [0.2, 0.25) is 0 Å². The molecule has 0 heterocycles. The fourth-order valence-electron chi connectivity index (χ4n) is 0. The minimum absolute atomic E-state index is 0. The first-order chi connectivity index (χ1) is 1.50. The summed E-state index contributed by atoms with van der Waals surface area (Å²) < 4.78 is 0. The Bertz CT molecular complexity index is 26.3. The summed E-state index contributed by atoms with van der Waals surface area (Å²) in [4.78, 5) is 0. The third kappa shape index (κ3) is 2.34. The fourth-order valence-corrected chi connectivity index (χ4v) is 0. The Kier molecular flexibility index (Phi) is 1.78. The first kappa shape index (κ1) is 4.34. The van der Waals surface area contributed by atoms with Crippen molar-refractivity contribution in [3.63, 3.8) is 0 Å². The molecule has 0 spiro atoms. The van der Waals surface area contributed by atoms with E-state index in [1.807, 2.05) is 0 Å². The van der Waals surface area contributed by atoms with Gasteiger partial charge in [0.05, 0.1) is 0 Å². The zero-order valence-electron chi connectivity index (χ0n) is 2.86. The molecule has 0 unspecified atom stereocenters. The third-order valence-electron chi connectivity index (χ3n) is 0.236. The van der Waals surface area contributed by atoms with E-state index in [-0.39, 0.29) is 18.9 Å². The van der Waals surface area contributed by atoms with Crippen LogP contribution in [0.4, 0.5) is 0 Å². The molecule has 1 aliphatic rings. The summed E-state index contributed by atoms with van der Waals surface area (Å²) in [5.41, 5.74) is 0. The number of allylic oxidation sites excluding steroid dienone is 2. The van der Waals surface area contributed by atoms with Gasteiger partial charge in [0.25, 0.3) is 0 Å². The van der Waals surface area contributed by atoms with Crippen LogP contribution in [0.3, 0.4) is 0 Å². The van der Waals surface area contributed by atoms with E-state index in [4.69, 9.17) is 0 Å². The predicted molar refractivity (Wildman–Crippen MR) is 19.5 cm³/mol. The molecule has 0 N–H and O–H groups in total. The van der Waals surface area contributed by atoms with Gasteiger partial charge in [-0.05, 0) is 6.42 Å². The van der Waals surface area contributed by atoms with Crippen molar-refractivity contribution in [3.05, 3.63) is 12.2 Å². The smallest absolute Gasteiger partial charge is 0 e. The molecule has 0 saturated carbocycles. The van der Waals surface area contributed by atoms with E-state index in [9.17, 15) is 0 Å². The first-order valence-corrected chi connectivity index (χ1v) is 1.15. The van der Waals surface area contributed by atoms with Crippen molar-refractivity contribution in [2.24, 2.45) is 0 Å². The summed E-state index contributed by atoms with van der Waals surface area (Å²) in [6, 6.07) is 0. The molecule has 4 heavy (non-hydrogen) atoms. The van der Waals surface area contributed by atoms with Gasteiger partial charge >= 0.3 is 0 Å². The molecule has 0 atom stereocenters. The molecule has 1 rings (SSSR count). The molecule has 0 saturated heterocycles. The standard InChI is InChI=1S/C3H4.Li/c1-2-3-1;/h1-2H,3H2;. The van der Waals surface area contributed by atoms with Crippen molar-refractivity contribution >= 4 is 18.9 Å². The van der Waals surface area contributed by atoms with E-state index in [0.717, 1.165) is 0 Å². The summed E-state index contributed by atoms with van der Waals surface area (Å²) in [5, 5.41) is 0. The fraction of sp³-hybridized carbons (Fsp3) is 0.333. The molecule has 0 aromatic heterocycles. The van der Waals surface area contributed by atoms with Crippen molar-refractivity contribution in [1.29, 1.82) is 0 Å². The van der Waals surface area contributed by atoms with E-state index in [2.05, 4.69) is 12.2 Å². The molecule has 1 aliphatic carbocycles. The molecule has 0 aromatic rings. The first-order valence-electron chi connectivity index (χ1n) is 1.15. The quantitative estimate of drug-likeness (QED) is 0.277. The van der Waals surface area contributed by atoms with Gasteiger partial charge in [-0.1, -0.05) is 12.2 Å². The Morgan fingerprint density at radius 2 is 1.50 bits per heavy atom. The summed E-state index contributed by atoms with van der Waals surface area (Å²) in [6.07, 6.45) is 5.50. The second kappa shape index (κ2) is 1.64. The van der Waals surface area contributed by atoms with E-state index in [0.29, 0.717) is 0 Å². The van der Waals surface area contributed by atoms with Gasteiger partial charge in [0.1, 0.15) is 0 Å². The van der Waals surface area contributed by atoms with Crippen LogP contribution in [0.25, 0.3) is 0 Å². The second-order valence-corrected chi connectivity index (χ2v) is 0.707. The minimum Gasteiger partial charge on any atom is -0.0844 e. The van der Waals surface area contributed by atoms with Crippen molar-refractivity contribution in [2.45, 2.75) is 6.42 Å². The largest absolute Gasteiger partial charge is 0.0844 e. The van der Waals surface area contributed by atoms with Crippen molar-refractivity contribution < 1.29 is 0 Å². The van der Waals surface area contributed by atoms with E-state index < -0.39 is 0 Å². The predicted octanol–water partition coefficient (Wildman–Crippen LogP) is 0.565. The van der Waals surface area contributed by atoms with Crippen molar-refractivity contribution in [1.82, 2.24) is 0 Å². The average molecular weight is 47.0 g/mol. The van der Waals surface area contributed by atoms with Gasteiger partial charge in [-0.2, -0.15) is 0 Å². The molecular weight excluding hydrogens is 43.0 g/mol. The van der Waals surface area contributed by atoms with Crippen LogP contribution in [-0.2, 0) is 0 Å². The van der Waals surface area contributed by atoms with Crippen LogP contribution in [-0.4, -0.2) is 18.9 Å². The van der Waals surface area contributed by atoms with Crippen LogP contribution in [0.2, 0.25) is 0 Å². The van der Waals surface area contributed by atoms with E-state index in [1.54, 1.807) is 0 Å². The minimum atomic E-state index is 0. The molecule has 0 aliphatic heterocycles. The van der Waals surface area contributed by atoms with Gasteiger partial charge in [-0.3, -0.25) is 0 Å². The molecular formula is C3H4Li. The van der Waals surface area contributed by atoms with Gasteiger partial charge in [-0.15, -0.1) is 0 Å². The molecule has 0 nitrogen and oxygen atoms in total. The van der Waals surface area contributed by atoms with Gasteiger partial charge in [0, 0.05) is 18.9 Å². The van der Waals surface area contributed by atoms with Crippen LogP contribution >= 0.6 is 0 Å². The zero-order valence-corrected chi connectivity index (χ0v) is 2.86. The number of hydrogen-bond acceptors (Lipinski definition) is 0. The maximum atomic E-state index is 2.12. The zero-order chi connectivity index (χ0) is 2.12. The van der Waals surface area contributed by atoms with Crippen LogP contribution in [0.15, 0.2) is 12.2 Å². The van der Waals surface area contributed by atoms with Gasteiger partial charge in [0.15, 0.2) is 0 Å². The summed E-state index contributed by atoms with van der Waals surface area (Å²) in [7, 11) is 0. The summed E-state index contributed by atoms with van der Waals surface area (Å²) in [5.74, 6) is 0. The molecule has 0 bridgehead atoms. The second-order valence-electron chi connectivity index (χ2n) is 0.707. The maximum Gasteiger partial charge on any atom is 0 e. The Labute approximate surface area is 38.1 Å². The van der Waals surface area contributed by atoms with Crippen LogP contribution in [0, 0.1) is 0 Å². The maximum absolute atomic E-state index is 2.12. The van der Waals surface area contributed by atoms with Gasteiger partial charge < -0.3 is 0 Å². The normalized spacial score (nSPS) is 14.0.